The largest absolute Gasteiger partial charge is 0.452 e. The summed E-state index contributed by atoms with van der Waals surface area (Å²) in [7, 11) is 0. The van der Waals surface area contributed by atoms with Gasteiger partial charge in [0.2, 0.25) is 0 Å². The fraction of sp³-hybridized carbons (Fsp3) is 0.0833. The number of ether oxygens (including phenoxy) is 1. The maximum absolute atomic E-state index is 13.0. The van der Waals surface area contributed by atoms with Crippen molar-refractivity contribution in [2.24, 2.45) is 0 Å². The number of carbonyl (C=O) groups excluding carboxylic acids is 2. The Balaban J connectivity index is 1.60. The van der Waals surface area contributed by atoms with Gasteiger partial charge in [0.1, 0.15) is 5.82 Å². The van der Waals surface area contributed by atoms with Crippen molar-refractivity contribution in [2.75, 3.05) is 11.9 Å². The number of rotatable bonds is 5. The summed E-state index contributed by atoms with van der Waals surface area (Å²) in [5.41, 5.74) is 3.35. The van der Waals surface area contributed by atoms with E-state index in [0.29, 0.717) is 38.6 Å². The predicted octanol–water partition coefficient (Wildman–Crippen LogP) is 5.05. The second-order valence-electron chi connectivity index (χ2n) is 6.83. The number of benzene rings is 2. The lowest BCUT2D eigenvalue weighted by molar-refractivity contribution is -0.119. The molecular weight excluding hydrogens is 414 g/mol. The molecule has 1 N–H and O–H groups in total. The van der Waals surface area contributed by atoms with Crippen LogP contribution in [0.3, 0.4) is 0 Å². The molecule has 0 saturated carbocycles. The molecule has 0 radical (unpaired) electrons. The molecule has 6 nitrogen and oxygen atoms in total. The number of nitrogens with one attached hydrogen (secondary N) is 1. The highest BCUT2D eigenvalue weighted by Crippen LogP contribution is 2.30. The van der Waals surface area contributed by atoms with E-state index < -0.39 is 18.5 Å². The van der Waals surface area contributed by atoms with Gasteiger partial charge < -0.3 is 10.1 Å². The van der Waals surface area contributed by atoms with E-state index in [-0.39, 0.29) is 0 Å². The first-order valence-electron chi connectivity index (χ1n) is 9.56. The summed E-state index contributed by atoms with van der Waals surface area (Å²) in [5, 5.41) is 3.69. The Bertz CT molecular complexity index is 1260. The van der Waals surface area contributed by atoms with E-state index in [1.807, 2.05) is 61.5 Å². The zero-order valence-corrected chi connectivity index (χ0v) is 17.4. The molecule has 0 aliphatic heterocycles. The minimum Gasteiger partial charge on any atom is -0.452 e. The van der Waals surface area contributed by atoms with Crippen molar-refractivity contribution in [3.8, 4) is 11.3 Å². The third-order valence-electron chi connectivity index (χ3n) is 4.72. The van der Waals surface area contributed by atoms with Gasteiger partial charge in [0.15, 0.2) is 6.61 Å². The number of aromatic nitrogens is 2. The molecule has 2 aromatic heterocycles. The van der Waals surface area contributed by atoms with Gasteiger partial charge in [-0.15, -0.1) is 0 Å². The van der Waals surface area contributed by atoms with Gasteiger partial charge in [-0.05, 0) is 30.7 Å². The Morgan fingerprint density at radius 2 is 1.74 bits per heavy atom. The van der Waals surface area contributed by atoms with Crippen LogP contribution in [-0.2, 0) is 9.53 Å². The Labute approximate surface area is 183 Å². The summed E-state index contributed by atoms with van der Waals surface area (Å²) < 4.78 is 5.33. The van der Waals surface area contributed by atoms with E-state index in [0.717, 1.165) is 5.56 Å². The van der Waals surface area contributed by atoms with Gasteiger partial charge in [0, 0.05) is 17.1 Å². The summed E-state index contributed by atoms with van der Waals surface area (Å²) in [6.45, 7) is 1.38. The molecule has 31 heavy (non-hydrogen) atoms. The zero-order valence-electron chi connectivity index (χ0n) is 16.6. The standard InChI is InChI=1S/C24H18ClN3O3/c1-15-22(24(30)31-14-21(29)28-20-12-11-17(25)13-26-20)18-9-5-6-10-19(18)27-23(15)16-7-3-2-4-8-16/h2-13H,14H2,1H3,(H,26,28,29). The molecule has 0 unspecified atom stereocenters. The fourth-order valence-electron chi connectivity index (χ4n) is 3.28. The second kappa shape index (κ2) is 8.93. The van der Waals surface area contributed by atoms with E-state index in [1.54, 1.807) is 12.1 Å². The van der Waals surface area contributed by atoms with Crippen molar-refractivity contribution >= 4 is 40.2 Å². The average Bonchev–Trinajstić information content (AvgIpc) is 2.79. The molecule has 4 rings (SSSR count). The van der Waals surface area contributed by atoms with Crippen molar-refractivity contribution in [1.82, 2.24) is 9.97 Å². The molecule has 0 aliphatic carbocycles. The van der Waals surface area contributed by atoms with Crippen LogP contribution < -0.4 is 5.32 Å². The highest BCUT2D eigenvalue weighted by molar-refractivity contribution is 6.30. The first kappa shape index (κ1) is 20.5. The highest BCUT2D eigenvalue weighted by atomic mass is 35.5. The maximum atomic E-state index is 13.0. The molecule has 0 atom stereocenters. The van der Waals surface area contributed by atoms with Crippen molar-refractivity contribution in [1.29, 1.82) is 0 Å². The van der Waals surface area contributed by atoms with Crippen molar-refractivity contribution < 1.29 is 14.3 Å². The van der Waals surface area contributed by atoms with E-state index >= 15 is 0 Å². The number of pyridine rings is 2. The van der Waals surface area contributed by atoms with Crippen LogP contribution in [0.15, 0.2) is 72.9 Å². The van der Waals surface area contributed by atoms with Crippen LogP contribution in [0.4, 0.5) is 5.82 Å². The zero-order chi connectivity index (χ0) is 21.8. The number of nitrogens with zero attached hydrogens (tertiary/aromatic N) is 2. The maximum Gasteiger partial charge on any atom is 0.339 e. The number of para-hydroxylation sites is 1. The van der Waals surface area contributed by atoms with Crippen LogP contribution in [0.1, 0.15) is 15.9 Å². The monoisotopic (exact) mass is 431 g/mol. The summed E-state index contributed by atoms with van der Waals surface area (Å²) in [5.74, 6) is -0.766. The molecule has 154 valence electrons. The third-order valence-corrected chi connectivity index (χ3v) is 4.94. The number of hydrogen-bond acceptors (Lipinski definition) is 5. The number of amides is 1. The van der Waals surface area contributed by atoms with Crippen LogP contribution in [0.5, 0.6) is 0 Å². The molecule has 0 bridgehead atoms. The first-order valence-corrected chi connectivity index (χ1v) is 9.94. The van der Waals surface area contributed by atoms with Crippen LogP contribution in [-0.4, -0.2) is 28.5 Å². The van der Waals surface area contributed by atoms with Gasteiger partial charge >= 0.3 is 5.97 Å². The van der Waals surface area contributed by atoms with Gasteiger partial charge in [-0.2, -0.15) is 0 Å². The summed E-state index contributed by atoms with van der Waals surface area (Å²) in [6, 6.07) is 20.2. The Hall–Kier alpha value is -3.77. The van der Waals surface area contributed by atoms with Gasteiger partial charge in [-0.1, -0.05) is 60.1 Å². The number of carbonyl (C=O) groups is 2. The summed E-state index contributed by atoms with van der Waals surface area (Å²) in [4.78, 5) is 33.9. The topological polar surface area (TPSA) is 81.2 Å². The van der Waals surface area contributed by atoms with E-state index in [2.05, 4.69) is 10.3 Å². The van der Waals surface area contributed by atoms with Crippen molar-refractivity contribution in [3.63, 3.8) is 0 Å². The highest BCUT2D eigenvalue weighted by Gasteiger charge is 2.21. The fourth-order valence-corrected chi connectivity index (χ4v) is 3.39. The van der Waals surface area contributed by atoms with Crippen LogP contribution in [0.25, 0.3) is 22.2 Å². The number of esters is 1. The normalized spacial score (nSPS) is 10.6. The van der Waals surface area contributed by atoms with Gasteiger partial charge in [-0.25, -0.2) is 14.8 Å². The van der Waals surface area contributed by atoms with Crippen molar-refractivity contribution in [2.45, 2.75) is 6.92 Å². The number of anilines is 1. The Morgan fingerprint density at radius 1 is 1.00 bits per heavy atom. The van der Waals surface area contributed by atoms with Gasteiger partial charge in [0.05, 0.1) is 21.8 Å². The van der Waals surface area contributed by atoms with Gasteiger partial charge in [0.25, 0.3) is 5.91 Å². The van der Waals surface area contributed by atoms with E-state index in [4.69, 9.17) is 21.3 Å². The molecule has 0 spiro atoms. The number of hydrogen-bond donors (Lipinski definition) is 1. The molecule has 2 aromatic carbocycles. The summed E-state index contributed by atoms with van der Waals surface area (Å²) >= 11 is 5.79. The molecule has 0 aliphatic rings. The Kier molecular flexibility index (Phi) is 5.91. The molecule has 7 heteroatoms. The Morgan fingerprint density at radius 3 is 2.48 bits per heavy atom. The quantitative estimate of drug-likeness (QED) is 0.447. The molecule has 0 fully saturated rings. The molecular formula is C24H18ClN3O3. The predicted molar refractivity (Wildman–Crippen MR) is 120 cm³/mol. The molecule has 4 aromatic rings. The SMILES string of the molecule is Cc1c(-c2ccccc2)nc2ccccc2c1C(=O)OCC(=O)Nc1ccc(Cl)cn1. The number of halogens is 1. The van der Waals surface area contributed by atoms with Crippen LogP contribution >= 0.6 is 11.6 Å². The second-order valence-corrected chi connectivity index (χ2v) is 7.27. The lowest BCUT2D eigenvalue weighted by Gasteiger charge is -2.14. The lowest BCUT2D eigenvalue weighted by atomic mass is 9.98. The third kappa shape index (κ3) is 4.54. The van der Waals surface area contributed by atoms with Crippen LogP contribution in [0.2, 0.25) is 5.02 Å². The van der Waals surface area contributed by atoms with E-state index in [1.165, 1.54) is 6.20 Å². The van der Waals surface area contributed by atoms with Gasteiger partial charge in [-0.3, -0.25) is 4.79 Å². The minimum atomic E-state index is -0.590. The summed E-state index contributed by atoms with van der Waals surface area (Å²) in [6.07, 6.45) is 1.42. The average molecular weight is 432 g/mol. The first-order chi connectivity index (χ1) is 15.0. The molecule has 2 heterocycles. The van der Waals surface area contributed by atoms with Crippen LogP contribution in [0, 0.1) is 6.92 Å². The molecule has 0 saturated heterocycles. The minimum absolute atomic E-state index is 0.322. The molecule has 1 amide bonds. The number of fused-ring (bicyclic) bond motifs is 1. The lowest BCUT2D eigenvalue weighted by Crippen LogP contribution is -2.22. The van der Waals surface area contributed by atoms with E-state index in [9.17, 15) is 9.59 Å². The van der Waals surface area contributed by atoms with Crippen molar-refractivity contribution in [3.05, 3.63) is 89.1 Å². The smallest absolute Gasteiger partial charge is 0.339 e.